The molecule has 0 aliphatic rings. The second-order valence-electron chi connectivity index (χ2n) is 5.18. The van der Waals surface area contributed by atoms with Gasteiger partial charge in [0.1, 0.15) is 17.7 Å². The Kier molecular flexibility index (Phi) is 3.63. The summed E-state index contributed by atoms with van der Waals surface area (Å²) in [7, 11) is 1.86. The van der Waals surface area contributed by atoms with Gasteiger partial charge in [0.15, 0.2) is 11.5 Å². The SMILES string of the molecule is Cc1cnc2c(c1)nc(C(C)Cl)n2CCc1ncn(C)n1. The fraction of sp³-hybridized carbons (Fsp3) is 0.429. The minimum atomic E-state index is -0.170. The first kappa shape index (κ1) is 14.0. The van der Waals surface area contributed by atoms with Crippen LogP contribution < -0.4 is 0 Å². The van der Waals surface area contributed by atoms with E-state index < -0.39 is 0 Å². The Balaban J connectivity index is 1.97. The second kappa shape index (κ2) is 5.44. The minimum absolute atomic E-state index is 0.170. The Bertz CT molecular complexity index is 773. The molecular formula is C14H17ClN6. The van der Waals surface area contributed by atoms with Crippen LogP contribution in [0, 0.1) is 6.92 Å². The number of rotatable bonds is 4. The zero-order valence-corrected chi connectivity index (χ0v) is 13.0. The Morgan fingerprint density at radius 2 is 2.14 bits per heavy atom. The molecule has 3 aromatic heterocycles. The number of fused-ring (bicyclic) bond motifs is 1. The van der Waals surface area contributed by atoms with Gasteiger partial charge in [0.25, 0.3) is 0 Å². The molecule has 0 amide bonds. The predicted molar refractivity (Wildman–Crippen MR) is 81.2 cm³/mol. The van der Waals surface area contributed by atoms with E-state index in [9.17, 15) is 0 Å². The van der Waals surface area contributed by atoms with Crippen molar-refractivity contribution in [2.45, 2.75) is 32.2 Å². The molecule has 7 heteroatoms. The van der Waals surface area contributed by atoms with Crippen molar-refractivity contribution in [3.8, 4) is 0 Å². The quantitative estimate of drug-likeness (QED) is 0.694. The molecule has 3 heterocycles. The lowest BCUT2D eigenvalue weighted by atomic mass is 10.3. The number of aromatic nitrogens is 6. The fourth-order valence-electron chi connectivity index (χ4n) is 2.36. The third kappa shape index (κ3) is 2.76. The number of alkyl halides is 1. The normalized spacial score (nSPS) is 13.0. The number of imidazole rings is 1. The first-order valence-corrected chi connectivity index (χ1v) is 7.29. The Morgan fingerprint density at radius 3 is 2.81 bits per heavy atom. The lowest BCUT2D eigenvalue weighted by Crippen LogP contribution is -2.08. The highest BCUT2D eigenvalue weighted by molar-refractivity contribution is 6.20. The summed E-state index contributed by atoms with van der Waals surface area (Å²) in [5.41, 5.74) is 2.83. The lowest BCUT2D eigenvalue weighted by molar-refractivity contribution is 0.637. The van der Waals surface area contributed by atoms with E-state index in [0.717, 1.165) is 34.8 Å². The number of hydrogen-bond donors (Lipinski definition) is 0. The van der Waals surface area contributed by atoms with Crippen molar-refractivity contribution in [3.05, 3.63) is 35.8 Å². The van der Waals surface area contributed by atoms with Crippen LogP contribution in [0.15, 0.2) is 18.6 Å². The maximum Gasteiger partial charge on any atom is 0.160 e. The molecule has 0 radical (unpaired) electrons. The van der Waals surface area contributed by atoms with Crippen molar-refractivity contribution < 1.29 is 0 Å². The van der Waals surface area contributed by atoms with Crippen LogP contribution >= 0.6 is 11.6 Å². The molecule has 0 aliphatic carbocycles. The van der Waals surface area contributed by atoms with E-state index in [-0.39, 0.29) is 5.38 Å². The van der Waals surface area contributed by atoms with Crippen molar-refractivity contribution in [3.63, 3.8) is 0 Å². The molecule has 6 nitrogen and oxygen atoms in total. The van der Waals surface area contributed by atoms with Crippen LogP contribution in [-0.4, -0.2) is 29.3 Å². The molecule has 1 atom stereocenters. The van der Waals surface area contributed by atoms with Gasteiger partial charge in [-0.3, -0.25) is 4.68 Å². The molecule has 0 bridgehead atoms. The first-order valence-electron chi connectivity index (χ1n) is 6.86. The third-order valence-corrected chi connectivity index (χ3v) is 3.51. The van der Waals surface area contributed by atoms with E-state index in [4.69, 9.17) is 11.6 Å². The maximum atomic E-state index is 6.26. The van der Waals surface area contributed by atoms with Gasteiger partial charge in [-0.25, -0.2) is 15.0 Å². The Hall–Kier alpha value is -1.95. The molecule has 0 aromatic carbocycles. The molecule has 0 saturated heterocycles. The maximum absolute atomic E-state index is 6.26. The standard InChI is InChI=1S/C14H17ClN6/c1-9-6-11-14(16-7-9)21(13(18-11)10(2)15)5-4-12-17-8-20(3)19-12/h6-8,10H,4-5H2,1-3H3. The third-order valence-electron chi connectivity index (χ3n) is 3.31. The highest BCUT2D eigenvalue weighted by atomic mass is 35.5. The summed E-state index contributed by atoms with van der Waals surface area (Å²) < 4.78 is 3.76. The van der Waals surface area contributed by atoms with Crippen LogP contribution in [0.25, 0.3) is 11.2 Å². The molecule has 0 saturated carbocycles. The van der Waals surface area contributed by atoms with Crippen LogP contribution in [0.4, 0.5) is 0 Å². The lowest BCUT2D eigenvalue weighted by Gasteiger charge is -2.08. The molecule has 1 unspecified atom stereocenters. The summed E-state index contributed by atoms with van der Waals surface area (Å²) in [4.78, 5) is 13.4. The molecule has 21 heavy (non-hydrogen) atoms. The summed E-state index contributed by atoms with van der Waals surface area (Å²) in [6.45, 7) is 4.64. The van der Waals surface area contributed by atoms with E-state index in [1.54, 1.807) is 11.0 Å². The van der Waals surface area contributed by atoms with E-state index in [1.807, 2.05) is 33.2 Å². The van der Waals surface area contributed by atoms with Crippen LogP contribution in [0.1, 0.15) is 29.5 Å². The number of pyridine rings is 1. The highest BCUT2D eigenvalue weighted by Gasteiger charge is 2.16. The Labute approximate surface area is 127 Å². The van der Waals surface area contributed by atoms with Crippen molar-refractivity contribution in [1.82, 2.24) is 29.3 Å². The van der Waals surface area contributed by atoms with Gasteiger partial charge in [-0.2, -0.15) is 5.10 Å². The monoisotopic (exact) mass is 304 g/mol. The average molecular weight is 305 g/mol. The van der Waals surface area contributed by atoms with Gasteiger partial charge in [-0.15, -0.1) is 11.6 Å². The molecule has 0 aliphatic heterocycles. The highest BCUT2D eigenvalue weighted by Crippen LogP contribution is 2.24. The van der Waals surface area contributed by atoms with Gasteiger partial charge in [0, 0.05) is 26.2 Å². The van der Waals surface area contributed by atoms with E-state index in [2.05, 4.69) is 24.6 Å². The summed E-state index contributed by atoms with van der Waals surface area (Å²) in [6, 6.07) is 2.03. The predicted octanol–water partition coefficient (Wildman–Crippen LogP) is 2.41. The van der Waals surface area contributed by atoms with Gasteiger partial charge in [0.05, 0.1) is 5.38 Å². The molecule has 0 fully saturated rings. The second-order valence-corrected chi connectivity index (χ2v) is 5.83. The van der Waals surface area contributed by atoms with Gasteiger partial charge < -0.3 is 4.57 Å². The zero-order valence-electron chi connectivity index (χ0n) is 12.3. The van der Waals surface area contributed by atoms with Crippen LogP contribution in [0.2, 0.25) is 0 Å². The molecule has 110 valence electrons. The summed E-state index contributed by atoms with van der Waals surface area (Å²) in [6.07, 6.45) is 4.27. The topological polar surface area (TPSA) is 61.4 Å². The molecule has 0 N–H and O–H groups in total. The number of aryl methyl sites for hydroxylation is 4. The van der Waals surface area contributed by atoms with Gasteiger partial charge in [-0.1, -0.05) is 0 Å². The van der Waals surface area contributed by atoms with E-state index in [1.165, 1.54) is 0 Å². The fourth-order valence-corrected chi connectivity index (χ4v) is 2.53. The van der Waals surface area contributed by atoms with E-state index in [0.29, 0.717) is 6.54 Å². The van der Waals surface area contributed by atoms with Crippen molar-refractivity contribution in [1.29, 1.82) is 0 Å². The molecule has 0 spiro atoms. The zero-order chi connectivity index (χ0) is 15.0. The van der Waals surface area contributed by atoms with Crippen molar-refractivity contribution in [2.24, 2.45) is 7.05 Å². The molecule has 3 aromatic rings. The average Bonchev–Trinajstić information content (AvgIpc) is 2.99. The van der Waals surface area contributed by atoms with E-state index >= 15 is 0 Å². The number of nitrogens with zero attached hydrogens (tertiary/aromatic N) is 6. The summed E-state index contributed by atoms with van der Waals surface area (Å²) in [5.74, 6) is 1.64. The minimum Gasteiger partial charge on any atom is -0.311 e. The van der Waals surface area contributed by atoms with Crippen molar-refractivity contribution in [2.75, 3.05) is 0 Å². The first-order chi connectivity index (χ1) is 10.0. The van der Waals surface area contributed by atoms with Gasteiger partial charge in [-0.05, 0) is 25.5 Å². The molecular weight excluding hydrogens is 288 g/mol. The molecule has 3 rings (SSSR count). The number of halogens is 1. The van der Waals surface area contributed by atoms with Crippen LogP contribution in [0.3, 0.4) is 0 Å². The van der Waals surface area contributed by atoms with Crippen LogP contribution in [-0.2, 0) is 20.0 Å². The summed E-state index contributed by atoms with van der Waals surface area (Å²) >= 11 is 6.26. The van der Waals surface area contributed by atoms with Gasteiger partial charge >= 0.3 is 0 Å². The summed E-state index contributed by atoms with van der Waals surface area (Å²) in [5, 5.41) is 4.13. The van der Waals surface area contributed by atoms with Crippen molar-refractivity contribution >= 4 is 22.8 Å². The number of hydrogen-bond acceptors (Lipinski definition) is 4. The largest absolute Gasteiger partial charge is 0.311 e. The Morgan fingerprint density at radius 1 is 1.33 bits per heavy atom. The smallest absolute Gasteiger partial charge is 0.160 e. The van der Waals surface area contributed by atoms with Crippen LogP contribution in [0.5, 0.6) is 0 Å². The van der Waals surface area contributed by atoms with Gasteiger partial charge in [0.2, 0.25) is 0 Å².